The largest absolute Gasteiger partial charge is 0.383 e. The Morgan fingerprint density at radius 1 is 1.03 bits per heavy atom. The van der Waals surface area contributed by atoms with Crippen molar-refractivity contribution >= 4 is 23.1 Å². The fraction of sp³-hybridized carbons (Fsp3) is 0.267. The van der Waals surface area contributed by atoms with Crippen LogP contribution in [-0.2, 0) is 6.54 Å². The van der Waals surface area contributed by atoms with E-state index in [-0.39, 0.29) is 17.5 Å². The van der Waals surface area contributed by atoms with Crippen LogP contribution in [0, 0.1) is 6.92 Å². The maximum atomic E-state index is 13.3. The summed E-state index contributed by atoms with van der Waals surface area (Å²) >= 11 is 0. The van der Waals surface area contributed by atoms with Crippen molar-refractivity contribution in [3.05, 3.63) is 112 Å². The average molecular weight is 522 g/mol. The van der Waals surface area contributed by atoms with Gasteiger partial charge in [-0.3, -0.25) is 9.59 Å². The highest BCUT2D eigenvalue weighted by Crippen LogP contribution is 2.38. The molecule has 2 N–H and O–H groups in total. The molecule has 1 amide bonds. The first kappa shape index (κ1) is 24.7. The highest BCUT2D eigenvalue weighted by molar-refractivity contribution is 5.95. The van der Waals surface area contributed by atoms with Crippen molar-refractivity contribution in [3.63, 3.8) is 0 Å². The third-order valence-electron chi connectivity index (χ3n) is 7.67. The molecule has 2 aliphatic heterocycles. The number of benzene rings is 2. The molecule has 4 heterocycles. The molecular formula is C30H31N7O2. The van der Waals surface area contributed by atoms with Gasteiger partial charge in [0.05, 0.1) is 17.9 Å². The number of nitrogens with zero attached hydrogens (tertiary/aromatic N) is 5. The van der Waals surface area contributed by atoms with E-state index in [0.29, 0.717) is 37.3 Å². The molecule has 2 aromatic heterocycles. The van der Waals surface area contributed by atoms with Gasteiger partial charge in [-0.25, -0.2) is 10.1 Å². The monoisotopic (exact) mass is 521 g/mol. The number of carbonyl (C=O) groups is 1. The number of piperazine rings is 1. The summed E-state index contributed by atoms with van der Waals surface area (Å²) in [6.07, 6.45) is 3.52. The van der Waals surface area contributed by atoms with E-state index in [1.165, 1.54) is 11.1 Å². The molecule has 1 atom stereocenters. The summed E-state index contributed by atoms with van der Waals surface area (Å²) in [5.41, 5.74) is 5.32. The topological polar surface area (TPSA) is 97.5 Å². The predicted molar refractivity (Wildman–Crippen MR) is 152 cm³/mol. The Hall–Kier alpha value is -4.66. The molecular weight excluding hydrogens is 490 g/mol. The van der Waals surface area contributed by atoms with Gasteiger partial charge < -0.3 is 20.0 Å². The number of rotatable bonds is 6. The molecule has 0 aliphatic carbocycles. The summed E-state index contributed by atoms with van der Waals surface area (Å²) in [6, 6.07) is 22.0. The van der Waals surface area contributed by atoms with Crippen LogP contribution < -0.4 is 20.7 Å². The molecule has 198 valence electrons. The zero-order valence-electron chi connectivity index (χ0n) is 21.9. The van der Waals surface area contributed by atoms with Crippen LogP contribution in [0.2, 0.25) is 0 Å². The van der Waals surface area contributed by atoms with Gasteiger partial charge in [0, 0.05) is 62.3 Å². The predicted octanol–water partition coefficient (Wildman–Crippen LogP) is 3.61. The van der Waals surface area contributed by atoms with Crippen LogP contribution in [0.25, 0.3) is 0 Å². The average Bonchev–Trinajstić information content (AvgIpc) is 3.36. The van der Waals surface area contributed by atoms with Crippen LogP contribution in [-0.4, -0.2) is 58.7 Å². The Balaban J connectivity index is 1.15. The lowest BCUT2D eigenvalue weighted by atomic mass is 10.0. The normalized spacial score (nSPS) is 16.7. The summed E-state index contributed by atoms with van der Waals surface area (Å²) in [4.78, 5) is 36.4. The molecule has 0 saturated carbocycles. The number of carbonyl (C=O) groups excluding carboxylic acids is 1. The molecule has 9 heteroatoms. The molecule has 2 aliphatic rings. The quantitative estimate of drug-likeness (QED) is 0.400. The van der Waals surface area contributed by atoms with Gasteiger partial charge in [0.1, 0.15) is 5.82 Å². The lowest BCUT2D eigenvalue weighted by molar-refractivity contribution is 0.0746. The third kappa shape index (κ3) is 4.95. The molecule has 0 unspecified atom stereocenters. The lowest BCUT2D eigenvalue weighted by Gasteiger charge is -2.35. The number of aromatic nitrogens is 3. The number of aromatic amines is 1. The Morgan fingerprint density at radius 3 is 2.67 bits per heavy atom. The number of nitrogens with one attached hydrogen (secondary N) is 2. The first-order valence-electron chi connectivity index (χ1n) is 13.3. The second-order valence-corrected chi connectivity index (χ2v) is 9.98. The fourth-order valence-corrected chi connectivity index (χ4v) is 5.52. The van der Waals surface area contributed by atoms with Crippen LogP contribution in [0.1, 0.15) is 33.1 Å². The van der Waals surface area contributed by atoms with E-state index in [4.69, 9.17) is 0 Å². The summed E-state index contributed by atoms with van der Waals surface area (Å²) in [6.45, 7) is 5.98. The van der Waals surface area contributed by atoms with E-state index < -0.39 is 0 Å². The number of pyridine rings is 1. The van der Waals surface area contributed by atoms with E-state index in [9.17, 15) is 9.59 Å². The molecule has 2 aromatic carbocycles. The number of hydrogen-bond donors (Lipinski definition) is 2. The highest BCUT2D eigenvalue weighted by Gasteiger charge is 2.31. The van der Waals surface area contributed by atoms with Crippen molar-refractivity contribution in [1.82, 2.24) is 20.1 Å². The van der Waals surface area contributed by atoms with Crippen LogP contribution in [0.3, 0.4) is 0 Å². The smallest absolute Gasteiger partial charge is 0.269 e. The molecule has 4 aromatic rings. The maximum absolute atomic E-state index is 13.3. The standard InChI is InChI=1S/C30H31N7O2/c1-21-26(19-33-34-29(21)38)37-20-23-7-2-3-10-25(23)27(37)18-32-24-9-6-8-22(17-24)30(39)36-15-13-35(14-16-36)28-11-4-5-12-31-28/h2-12,17,19,27,32H,13-16,18,20H2,1H3,(H,34,38)/t27-/m1/s1. The summed E-state index contributed by atoms with van der Waals surface area (Å²) in [5.74, 6) is 0.988. The molecule has 1 saturated heterocycles. The Labute approximate surface area is 227 Å². The second-order valence-electron chi connectivity index (χ2n) is 9.98. The van der Waals surface area contributed by atoms with Gasteiger partial charge in [-0.05, 0) is 48.4 Å². The van der Waals surface area contributed by atoms with E-state index in [2.05, 4.69) is 42.4 Å². The van der Waals surface area contributed by atoms with Gasteiger partial charge >= 0.3 is 0 Å². The van der Waals surface area contributed by atoms with E-state index in [0.717, 1.165) is 30.3 Å². The van der Waals surface area contributed by atoms with Gasteiger partial charge in [0.25, 0.3) is 11.5 Å². The zero-order chi connectivity index (χ0) is 26.8. The number of H-pyrrole nitrogens is 1. The SMILES string of the molecule is Cc1c(N2Cc3ccccc3[C@H]2CNc2cccc(C(=O)N3CCN(c4ccccn4)CC3)c2)cn[nH]c1=O. The zero-order valence-corrected chi connectivity index (χ0v) is 21.9. The van der Waals surface area contributed by atoms with E-state index in [1.54, 1.807) is 12.4 Å². The molecule has 1 fully saturated rings. The molecule has 0 radical (unpaired) electrons. The molecule has 0 spiro atoms. The van der Waals surface area contributed by atoms with Gasteiger partial charge in [-0.15, -0.1) is 0 Å². The Kier molecular flexibility index (Phi) is 6.71. The van der Waals surface area contributed by atoms with Crippen molar-refractivity contribution < 1.29 is 4.79 Å². The number of anilines is 3. The number of amides is 1. The van der Waals surface area contributed by atoms with Crippen molar-refractivity contribution in [2.24, 2.45) is 0 Å². The first-order chi connectivity index (χ1) is 19.1. The van der Waals surface area contributed by atoms with Crippen molar-refractivity contribution in [3.8, 4) is 0 Å². The van der Waals surface area contributed by atoms with Crippen LogP contribution in [0.15, 0.2) is 83.9 Å². The maximum Gasteiger partial charge on any atom is 0.269 e. The minimum Gasteiger partial charge on any atom is -0.383 e. The summed E-state index contributed by atoms with van der Waals surface area (Å²) < 4.78 is 0. The minimum atomic E-state index is -0.178. The van der Waals surface area contributed by atoms with Crippen LogP contribution in [0.5, 0.6) is 0 Å². The highest BCUT2D eigenvalue weighted by atomic mass is 16.2. The Bertz CT molecular complexity index is 1530. The summed E-state index contributed by atoms with van der Waals surface area (Å²) in [7, 11) is 0. The fourth-order valence-electron chi connectivity index (χ4n) is 5.52. The van der Waals surface area contributed by atoms with Crippen molar-refractivity contribution in [2.75, 3.05) is 47.8 Å². The summed E-state index contributed by atoms with van der Waals surface area (Å²) in [5, 5.41) is 10.1. The second kappa shape index (κ2) is 10.6. The molecule has 0 bridgehead atoms. The number of hydrogen-bond acceptors (Lipinski definition) is 7. The van der Waals surface area contributed by atoms with E-state index >= 15 is 0 Å². The molecule has 39 heavy (non-hydrogen) atoms. The van der Waals surface area contributed by atoms with Gasteiger partial charge in [-0.2, -0.15) is 5.10 Å². The number of fused-ring (bicyclic) bond motifs is 1. The van der Waals surface area contributed by atoms with Crippen molar-refractivity contribution in [2.45, 2.75) is 19.5 Å². The van der Waals surface area contributed by atoms with Crippen molar-refractivity contribution in [1.29, 1.82) is 0 Å². The third-order valence-corrected chi connectivity index (χ3v) is 7.67. The van der Waals surface area contributed by atoms with Crippen LogP contribution in [0.4, 0.5) is 17.2 Å². The van der Waals surface area contributed by atoms with Gasteiger partial charge in [-0.1, -0.05) is 36.4 Å². The van der Waals surface area contributed by atoms with Crippen LogP contribution >= 0.6 is 0 Å². The van der Waals surface area contributed by atoms with E-state index in [1.807, 2.05) is 66.4 Å². The first-order valence-corrected chi connectivity index (χ1v) is 13.3. The molecule has 6 rings (SSSR count). The minimum absolute atomic E-state index is 0.0162. The van der Waals surface area contributed by atoms with Gasteiger partial charge in [0.2, 0.25) is 0 Å². The van der Waals surface area contributed by atoms with Gasteiger partial charge in [0.15, 0.2) is 0 Å². The lowest BCUT2D eigenvalue weighted by Crippen LogP contribution is -2.49. The Morgan fingerprint density at radius 2 is 1.85 bits per heavy atom. The molecule has 9 nitrogen and oxygen atoms in total.